The van der Waals surface area contributed by atoms with E-state index in [-0.39, 0.29) is 34.5 Å². The molecule has 1 aromatic carbocycles. The third-order valence-corrected chi connectivity index (χ3v) is 7.64. The number of aliphatic hydroxyl groups excluding tert-OH is 1. The van der Waals surface area contributed by atoms with Crippen LogP contribution in [-0.2, 0) is 15.1 Å². The molecule has 4 aliphatic rings. The largest absolute Gasteiger partial charge is 0.504 e. The van der Waals surface area contributed by atoms with Gasteiger partial charge in [0.2, 0.25) is 0 Å². The summed E-state index contributed by atoms with van der Waals surface area (Å²) in [5, 5.41) is 32.5. The third-order valence-electron chi connectivity index (χ3n) is 7.64. The lowest BCUT2D eigenvalue weighted by Crippen LogP contribution is -2.45. The van der Waals surface area contributed by atoms with Crippen molar-refractivity contribution in [1.29, 1.82) is 0 Å². The first-order chi connectivity index (χ1) is 12.1. The van der Waals surface area contributed by atoms with Gasteiger partial charge >= 0.3 is 0 Å². The molecule has 2 saturated carbocycles. The van der Waals surface area contributed by atoms with Gasteiger partial charge in [-0.15, -0.1) is 0 Å². The molecular formula is C21H26O5. The van der Waals surface area contributed by atoms with Crippen molar-refractivity contribution in [3.63, 3.8) is 0 Å². The number of hydrogen-bond acceptors (Lipinski definition) is 5. The van der Waals surface area contributed by atoms with E-state index in [1.807, 2.05) is 13.8 Å². The Hall–Kier alpha value is -1.59. The van der Waals surface area contributed by atoms with Crippen LogP contribution >= 0.6 is 0 Å². The van der Waals surface area contributed by atoms with Gasteiger partial charge in [0, 0.05) is 17.0 Å². The fraction of sp³-hybridized carbons (Fsp3) is 0.667. The fourth-order valence-corrected chi connectivity index (χ4v) is 6.59. The Labute approximate surface area is 153 Å². The number of benzene rings is 1. The lowest BCUT2D eigenvalue weighted by molar-refractivity contribution is -0.145. The Balaban J connectivity index is 1.81. The van der Waals surface area contributed by atoms with Crippen molar-refractivity contribution in [1.82, 2.24) is 0 Å². The van der Waals surface area contributed by atoms with E-state index >= 15 is 0 Å². The van der Waals surface area contributed by atoms with Gasteiger partial charge in [-0.1, -0.05) is 34.1 Å². The van der Waals surface area contributed by atoms with Gasteiger partial charge in [-0.3, -0.25) is 4.79 Å². The van der Waals surface area contributed by atoms with Crippen molar-refractivity contribution in [2.45, 2.75) is 70.7 Å². The summed E-state index contributed by atoms with van der Waals surface area (Å²) in [6.45, 7) is 8.14. The number of Topliss-reactive ketones (excluding diaryl/α,β-unsaturated/α-hetero) is 1. The molecule has 2 heterocycles. The number of ether oxygens (including phenoxy) is 1. The van der Waals surface area contributed by atoms with E-state index in [1.165, 1.54) is 0 Å². The van der Waals surface area contributed by atoms with Gasteiger partial charge in [0.1, 0.15) is 6.10 Å². The van der Waals surface area contributed by atoms with Crippen LogP contribution in [0.15, 0.2) is 6.07 Å². The molecule has 0 aromatic heterocycles. The minimum absolute atomic E-state index is 0.0131. The summed E-state index contributed by atoms with van der Waals surface area (Å²) in [7, 11) is 0. The number of carbonyl (C=O) groups excluding carboxylic acids is 1. The topological polar surface area (TPSA) is 87.0 Å². The maximum atomic E-state index is 13.2. The number of fused-ring (bicyclic) bond motifs is 3. The molecule has 2 aliphatic carbocycles. The Bertz CT molecular complexity index is 856. The smallest absolute Gasteiger partial charge is 0.180 e. The van der Waals surface area contributed by atoms with E-state index in [9.17, 15) is 20.1 Å². The van der Waals surface area contributed by atoms with Crippen LogP contribution in [0.5, 0.6) is 11.5 Å². The van der Waals surface area contributed by atoms with Gasteiger partial charge in [-0.25, -0.2) is 0 Å². The van der Waals surface area contributed by atoms with Crippen LogP contribution in [-0.4, -0.2) is 27.2 Å². The van der Waals surface area contributed by atoms with E-state index in [2.05, 4.69) is 13.8 Å². The van der Waals surface area contributed by atoms with E-state index in [4.69, 9.17) is 4.74 Å². The molecule has 1 unspecified atom stereocenters. The molecule has 2 bridgehead atoms. The van der Waals surface area contributed by atoms with Crippen molar-refractivity contribution in [3.05, 3.63) is 22.8 Å². The molecular weight excluding hydrogens is 332 g/mol. The van der Waals surface area contributed by atoms with Crippen LogP contribution in [0.3, 0.4) is 0 Å². The van der Waals surface area contributed by atoms with Crippen LogP contribution in [0, 0.1) is 16.7 Å². The summed E-state index contributed by atoms with van der Waals surface area (Å²) in [6.07, 6.45) is 1.28. The summed E-state index contributed by atoms with van der Waals surface area (Å²) in [4.78, 5) is 13.2. The standard InChI is InChI=1S/C21H26O5/c1-9(2)10-8-11-12(15(24)13(10)22)21-18(25)20(21)7-5-6-19(3,4)17(20)16(26-21)14(11)23/h8-9,14,16-17,22-24H,5-7H2,1-4H3/t14-,16-,17?,20+,21-/m1/s1. The molecule has 1 saturated heterocycles. The highest BCUT2D eigenvalue weighted by Gasteiger charge is 2.91. The monoisotopic (exact) mass is 358 g/mol. The van der Waals surface area contributed by atoms with Crippen LogP contribution in [0.1, 0.15) is 75.7 Å². The zero-order valence-electron chi connectivity index (χ0n) is 15.7. The number of aromatic hydroxyl groups is 2. The Morgan fingerprint density at radius 2 is 1.88 bits per heavy atom. The van der Waals surface area contributed by atoms with E-state index in [1.54, 1.807) is 6.07 Å². The normalized spacial score (nSPS) is 41.6. The van der Waals surface area contributed by atoms with Crippen molar-refractivity contribution in [3.8, 4) is 11.5 Å². The number of aliphatic hydroxyl groups is 1. The van der Waals surface area contributed by atoms with Crippen molar-refractivity contribution < 1.29 is 24.9 Å². The Kier molecular flexibility index (Phi) is 2.84. The van der Waals surface area contributed by atoms with Crippen molar-refractivity contribution in [2.75, 3.05) is 0 Å². The van der Waals surface area contributed by atoms with Gasteiger partial charge < -0.3 is 20.1 Å². The molecule has 0 amide bonds. The molecule has 0 radical (unpaired) electrons. The quantitative estimate of drug-likeness (QED) is 0.671. The van der Waals surface area contributed by atoms with Gasteiger partial charge in [0.15, 0.2) is 22.9 Å². The second-order valence-corrected chi connectivity index (χ2v) is 9.61. The number of hydrogen-bond donors (Lipinski definition) is 3. The molecule has 5 nitrogen and oxygen atoms in total. The van der Waals surface area contributed by atoms with E-state index < -0.39 is 23.2 Å². The number of carbonyl (C=O) groups is 1. The molecule has 5 rings (SSSR count). The van der Waals surface area contributed by atoms with Crippen molar-refractivity contribution >= 4 is 5.78 Å². The summed E-state index contributed by atoms with van der Waals surface area (Å²) < 4.78 is 6.25. The number of ketones is 1. The summed E-state index contributed by atoms with van der Waals surface area (Å²) in [6, 6.07) is 1.76. The predicted molar refractivity (Wildman–Crippen MR) is 93.9 cm³/mol. The molecule has 3 N–H and O–H groups in total. The highest BCUT2D eigenvalue weighted by molar-refractivity contribution is 6.14. The summed E-state index contributed by atoms with van der Waals surface area (Å²) in [5.74, 6) is -0.574. The predicted octanol–water partition coefficient (Wildman–Crippen LogP) is 3.26. The Morgan fingerprint density at radius 1 is 1.19 bits per heavy atom. The number of phenolic OH excluding ortho intramolecular Hbond substituents is 2. The maximum Gasteiger partial charge on any atom is 0.180 e. The highest BCUT2D eigenvalue weighted by Crippen LogP contribution is 2.82. The molecule has 5 atom stereocenters. The molecule has 2 aliphatic heterocycles. The molecule has 5 heteroatoms. The molecule has 1 aromatic rings. The first-order valence-corrected chi connectivity index (χ1v) is 9.61. The van der Waals surface area contributed by atoms with Gasteiger partial charge in [0.25, 0.3) is 0 Å². The average molecular weight is 358 g/mol. The second kappa shape index (κ2) is 4.45. The second-order valence-electron chi connectivity index (χ2n) is 9.61. The minimum Gasteiger partial charge on any atom is -0.504 e. The fourth-order valence-electron chi connectivity index (χ4n) is 6.59. The van der Waals surface area contributed by atoms with E-state index in [0.29, 0.717) is 23.1 Å². The molecule has 26 heavy (non-hydrogen) atoms. The zero-order valence-corrected chi connectivity index (χ0v) is 15.7. The van der Waals surface area contributed by atoms with Crippen LogP contribution < -0.4 is 0 Å². The minimum atomic E-state index is -1.19. The maximum absolute atomic E-state index is 13.2. The molecule has 3 fully saturated rings. The highest BCUT2D eigenvalue weighted by atomic mass is 16.6. The van der Waals surface area contributed by atoms with Crippen molar-refractivity contribution in [2.24, 2.45) is 16.7 Å². The van der Waals surface area contributed by atoms with Crippen LogP contribution in [0.2, 0.25) is 0 Å². The third kappa shape index (κ3) is 1.44. The molecule has 140 valence electrons. The lowest BCUT2D eigenvalue weighted by atomic mass is 9.59. The lowest BCUT2D eigenvalue weighted by Gasteiger charge is -2.44. The van der Waals surface area contributed by atoms with Crippen LogP contribution in [0.25, 0.3) is 0 Å². The average Bonchev–Trinajstić information content (AvgIpc) is 2.90. The first kappa shape index (κ1) is 16.6. The van der Waals surface area contributed by atoms with Gasteiger partial charge in [-0.2, -0.15) is 0 Å². The van der Waals surface area contributed by atoms with Gasteiger partial charge in [0.05, 0.1) is 11.5 Å². The van der Waals surface area contributed by atoms with Gasteiger partial charge in [-0.05, 0) is 35.8 Å². The zero-order chi connectivity index (χ0) is 18.8. The molecule has 2 spiro atoms. The van der Waals surface area contributed by atoms with E-state index in [0.717, 1.165) is 12.8 Å². The van der Waals surface area contributed by atoms with Crippen LogP contribution in [0.4, 0.5) is 0 Å². The number of phenols is 2. The summed E-state index contributed by atoms with van der Waals surface area (Å²) >= 11 is 0. The summed E-state index contributed by atoms with van der Waals surface area (Å²) in [5.41, 5.74) is -0.537. The Morgan fingerprint density at radius 3 is 2.54 bits per heavy atom. The SMILES string of the molecule is CC(C)c1cc2c(c(O)c1O)[C@]13O[C@@H](C4C(C)(C)CCC[C@@]41C3=O)[C@@H]2O. The number of rotatable bonds is 1. The first-order valence-electron chi connectivity index (χ1n) is 9.61.